The molecule has 4 amide bonds. The number of pyridine rings is 4. The van der Waals surface area contributed by atoms with Crippen LogP contribution in [0.4, 0.5) is 99.5 Å². The number of anilines is 12. The topological polar surface area (TPSA) is 505 Å². The van der Waals surface area contributed by atoms with Gasteiger partial charge in [0.25, 0.3) is 23.6 Å². The van der Waals surface area contributed by atoms with E-state index in [0.717, 1.165) is 163 Å². The molecule has 0 radical (unpaired) electrons. The molecule has 0 spiro atoms. The molecule has 716 valence electrons. The second-order valence-corrected chi connectivity index (χ2v) is 38.2. The molecule has 0 aliphatic carbocycles. The number of amides is 4. The molecule has 51 heteroatoms. The number of sulfonamides is 1. The van der Waals surface area contributed by atoms with Gasteiger partial charge in [-0.15, -0.1) is 20.4 Å². The quantitative estimate of drug-likeness (QED) is 0.0397. The number of piperazine rings is 1. The van der Waals surface area contributed by atoms with Crippen LogP contribution in [0.25, 0.3) is 22.6 Å². The van der Waals surface area contributed by atoms with Gasteiger partial charge in [0.1, 0.15) is 49.2 Å². The van der Waals surface area contributed by atoms with Gasteiger partial charge in [-0.2, -0.15) is 4.31 Å². The highest BCUT2D eigenvalue weighted by Crippen LogP contribution is 2.39. The third-order valence-electron chi connectivity index (χ3n) is 24.5. The standard InChI is InChI=1S/C23H28F2N8O2.C22H27F2N9O3S.C21H25FN8O2.C18H19F2N7O3S/c24-15-11-28-22-19(21(26)30-33(22)14-15)23(34)29-18-13-27-12-17(25)20(18)32-7-3-16(4-8-32)35-10-9-31-5-1-2-6-31;1-30-6-8-32(9-7-30)37(35,36)15-2-4-31(5-3-15)19-16(24)11-26-12-17(19)28-22(34)18-20(25)29-33-13-14(23)10-27-21(18)33;1-28-11-15(12-28)32-14-3-6-29(7-4-14)17-2-5-24-9-16(17)26-21(31)18-19(23)27-30-10-13(22)8-25-20(18)30;1-31(29,30)11-2-4-26(5-3-11)15-12(20)7-22-8-13(15)24-18(28)14-16(21)25-27-9-10(19)6-23-17(14)27/h11-14,16H,1-10H2,(H2,26,30)(H,29,34);10-13,15H,2-9H2,1H3,(H2,25,29)(H,28,34);2,5,8-10,14-15H,3-4,6-7,11-12H2,1H3,(H2,23,27)(H,26,31);6-9,11H,2-5H2,1H3,(H2,21,25)(H,24,28). The lowest BCUT2D eigenvalue weighted by molar-refractivity contribution is -0.0900. The Bertz CT molecular complexity index is 6610. The van der Waals surface area contributed by atoms with E-state index in [1.807, 2.05) is 18.0 Å². The zero-order chi connectivity index (χ0) is 95.3. The predicted molar refractivity (Wildman–Crippen MR) is 486 cm³/mol. The molecule has 19 rings (SSSR count). The van der Waals surface area contributed by atoms with E-state index in [0.29, 0.717) is 96.4 Å². The van der Waals surface area contributed by atoms with Gasteiger partial charge in [-0.05, 0) is 97.5 Å². The van der Waals surface area contributed by atoms with Crippen molar-refractivity contribution in [3.8, 4) is 0 Å². The van der Waals surface area contributed by atoms with E-state index in [9.17, 15) is 66.7 Å². The van der Waals surface area contributed by atoms with Crippen LogP contribution >= 0.6 is 0 Å². The number of hydrogen-bond acceptors (Lipinski definition) is 33. The van der Waals surface area contributed by atoms with Crippen molar-refractivity contribution in [1.82, 2.24) is 97.3 Å². The molecule has 0 bridgehead atoms. The molecule has 7 aliphatic heterocycles. The highest BCUT2D eigenvalue weighted by molar-refractivity contribution is 7.91. The maximum absolute atomic E-state index is 15.0. The van der Waals surface area contributed by atoms with Crippen molar-refractivity contribution < 1.29 is 76.2 Å². The number of rotatable bonds is 21. The average molecular weight is 1910 g/mol. The average Bonchev–Trinajstić information content (AvgIpc) is 1.71. The summed E-state index contributed by atoms with van der Waals surface area (Å²) in [6.07, 6.45) is 27.7. The summed E-state index contributed by atoms with van der Waals surface area (Å²) in [5, 5.41) is 25.4. The number of likely N-dealkylation sites (N-methyl/N-ethyl adjacent to an activating group) is 2. The van der Waals surface area contributed by atoms with E-state index < -0.39 is 94.7 Å². The molecule has 12 N–H and O–H groups in total. The van der Waals surface area contributed by atoms with Crippen LogP contribution in [0.15, 0.2) is 105 Å². The molecule has 19 heterocycles. The van der Waals surface area contributed by atoms with Crippen LogP contribution in [0.5, 0.6) is 0 Å². The molecule has 135 heavy (non-hydrogen) atoms. The lowest BCUT2D eigenvalue weighted by atomic mass is 10.1. The fraction of sp³-hybridized carbons (Fsp3) is 0.429. The van der Waals surface area contributed by atoms with Gasteiger partial charge in [-0.3, -0.25) is 39.1 Å². The van der Waals surface area contributed by atoms with Crippen molar-refractivity contribution in [2.75, 3.05) is 202 Å². The minimum absolute atomic E-state index is 0.0226. The van der Waals surface area contributed by atoms with Crippen molar-refractivity contribution in [1.29, 1.82) is 0 Å². The summed E-state index contributed by atoms with van der Waals surface area (Å²) < 4.78 is 166. The van der Waals surface area contributed by atoms with Gasteiger partial charge in [0.05, 0.1) is 157 Å². The fourth-order valence-electron chi connectivity index (χ4n) is 17.6. The molecule has 7 aliphatic rings. The number of carbonyl (C=O) groups is 4. The van der Waals surface area contributed by atoms with Crippen molar-refractivity contribution in [3.05, 3.63) is 168 Å². The first-order valence-corrected chi connectivity index (χ1v) is 47.0. The summed E-state index contributed by atoms with van der Waals surface area (Å²) in [7, 11) is -2.60. The number of halogens is 7. The summed E-state index contributed by atoms with van der Waals surface area (Å²) in [6, 6.07) is 1.88. The summed E-state index contributed by atoms with van der Waals surface area (Å²) in [5.74, 6) is -7.38. The number of ether oxygens (including phenoxy) is 2. The van der Waals surface area contributed by atoms with Gasteiger partial charge in [-0.1, -0.05) is 0 Å². The Labute approximate surface area is 767 Å². The SMILES string of the molecule is CN1CC(OC2CCN(c3ccncc3NC(=O)c3c(N)nn4cc(F)cnc34)CC2)C1.CN1CCN(S(=O)(=O)C2CCN(c3c(F)cncc3NC(=O)c3c(N)nn4cc(F)cnc34)CC2)CC1.CS(=O)(=O)C1CCN(c2c(F)cncc2NC(=O)c2c(N)nn3cc(F)cnc23)CC1.Nc1nn2cc(F)cnc2c1C(=O)Nc1cncc(F)c1N1CCC(OCCN2CCCC2)CC1. The molecule has 0 atom stereocenters. The number of nitrogen functional groups attached to an aromatic ring is 4. The van der Waals surface area contributed by atoms with Crippen molar-refractivity contribution in [2.45, 2.75) is 93.0 Å². The van der Waals surface area contributed by atoms with Crippen LogP contribution in [0.3, 0.4) is 0 Å². The lowest BCUT2D eigenvalue weighted by Gasteiger charge is -2.41. The van der Waals surface area contributed by atoms with Crippen LogP contribution in [0, 0.1) is 40.7 Å². The molecule has 42 nitrogen and oxygen atoms in total. The highest BCUT2D eigenvalue weighted by Gasteiger charge is 2.39. The second kappa shape index (κ2) is 40.8. The third-order valence-corrected chi connectivity index (χ3v) is 28.6. The van der Waals surface area contributed by atoms with Crippen LogP contribution < -0.4 is 63.8 Å². The predicted octanol–water partition coefficient (Wildman–Crippen LogP) is 5.75. The first-order valence-electron chi connectivity index (χ1n) is 43.6. The number of likely N-dealkylation sites (tertiary alicyclic amines) is 2. The number of nitrogens with zero attached hydrogens (tertiary/aromatic N) is 24. The van der Waals surface area contributed by atoms with Crippen LogP contribution in [-0.4, -0.2) is 305 Å². The first kappa shape index (κ1) is 94.7. The van der Waals surface area contributed by atoms with E-state index in [1.165, 1.54) is 37.7 Å². The number of sulfone groups is 1. The Hall–Kier alpha value is -13.5. The number of piperidine rings is 4. The fourth-order valence-corrected chi connectivity index (χ4v) is 20.5. The molecule has 7 fully saturated rings. The maximum atomic E-state index is 15.0. The van der Waals surface area contributed by atoms with E-state index in [1.54, 1.807) is 26.5 Å². The summed E-state index contributed by atoms with van der Waals surface area (Å²) in [5.41, 5.74) is 26.1. The molecule has 0 aromatic carbocycles. The Kier molecular flexibility index (Phi) is 28.6. The third kappa shape index (κ3) is 21.5. The maximum Gasteiger partial charge on any atom is 0.263 e. The van der Waals surface area contributed by atoms with Crippen LogP contribution in [-0.2, 0) is 29.3 Å². The molecule has 7 saturated heterocycles. The molecular formula is C84H99F7N32O10S2. The van der Waals surface area contributed by atoms with Crippen LogP contribution in [0.2, 0.25) is 0 Å². The van der Waals surface area contributed by atoms with E-state index in [4.69, 9.17) is 32.4 Å². The van der Waals surface area contributed by atoms with Crippen molar-refractivity contribution >= 4 is 135 Å². The highest BCUT2D eigenvalue weighted by atomic mass is 32.2. The van der Waals surface area contributed by atoms with Crippen LogP contribution in [0.1, 0.15) is 106 Å². The van der Waals surface area contributed by atoms with E-state index in [-0.39, 0.29) is 128 Å². The minimum Gasteiger partial charge on any atom is -0.381 e. The summed E-state index contributed by atoms with van der Waals surface area (Å²) in [6.45, 7) is 12.2. The molecule has 0 saturated carbocycles. The van der Waals surface area contributed by atoms with Crippen molar-refractivity contribution in [2.24, 2.45) is 0 Å². The van der Waals surface area contributed by atoms with Gasteiger partial charge >= 0.3 is 0 Å². The minimum atomic E-state index is -3.46. The zero-order valence-corrected chi connectivity index (χ0v) is 75.2. The second-order valence-electron chi connectivity index (χ2n) is 33.7. The van der Waals surface area contributed by atoms with Gasteiger partial charge in [0.15, 0.2) is 86.6 Å². The normalized spacial score (nSPS) is 17.4. The Balaban J connectivity index is 0.000000131. The van der Waals surface area contributed by atoms with E-state index in [2.05, 4.69) is 108 Å². The first-order chi connectivity index (χ1) is 64.8. The van der Waals surface area contributed by atoms with Gasteiger partial charge < -0.3 is 88.0 Å². The largest absolute Gasteiger partial charge is 0.381 e. The van der Waals surface area contributed by atoms with Gasteiger partial charge in [-0.25, -0.2) is 85.6 Å². The number of fused-ring (bicyclic) bond motifs is 4. The summed E-state index contributed by atoms with van der Waals surface area (Å²) >= 11 is 0. The van der Waals surface area contributed by atoms with Gasteiger partial charge in [0.2, 0.25) is 10.0 Å². The monoisotopic (exact) mass is 1910 g/mol. The number of hydrogen-bond donors (Lipinski definition) is 8. The molecule has 12 aromatic rings. The van der Waals surface area contributed by atoms with Gasteiger partial charge in [0, 0.05) is 111 Å². The molecular weight excluding hydrogens is 1810 g/mol. The number of carbonyl (C=O) groups excluding carboxylic acids is 4. The number of aromatic nitrogens is 16. The Morgan fingerprint density at radius 3 is 1.13 bits per heavy atom. The Morgan fingerprint density at radius 2 is 0.756 bits per heavy atom. The number of nitrogens with one attached hydrogen (secondary N) is 4. The summed E-state index contributed by atoms with van der Waals surface area (Å²) in [4.78, 5) is 97.6. The smallest absolute Gasteiger partial charge is 0.263 e. The van der Waals surface area contributed by atoms with E-state index >= 15 is 0 Å². The number of nitrogens with two attached hydrogens (primary N) is 4. The zero-order valence-electron chi connectivity index (χ0n) is 73.6. The molecule has 12 aromatic heterocycles. The Morgan fingerprint density at radius 1 is 0.407 bits per heavy atom. The van der Waals surface area contributed by atoms with Crippen molar-refractivity contribution in [3.63, 3.8) is 0 Å². The molecule has 0 unspecified atom stereocenters. The lowest BCUT2D eigenvalue weighted by Crippen LogP contribution is -2.52.